The Morgan fingerprint density at radius 1 is 1.04 bits per heavy atom. The minimum atomic E-state index is -0.293. The lowest BCUT2D eigenvalue weighted by molar-refractivity contribution is -0.120. The van der Waals surface area contributed by atoms with Gasteiger partial charge in [0, 0.05) is 16.6 Å². The average Bonchev–Trinajstić information content (AvgIpc) is 3.18. The van der Waals surface area contributed by atoms with E-state index >= 15 is 0 Å². The molecule has 0 bridgehead atoms. The van der Waals surface area contributed by atoms with Crippen molar-refractivity contribution in [1.29, 1.82) is 0 Å². The van der Waals surface area contributed by atoms with Gasteiger partial charge in [0.25, 0.3) is 5.91 Å². The second-order valence-electron chi connectivity index (χ2n) is 5.83. The Bertz CT molecular complexity index is 927. The number of rotatable bonds is 7. The molecular weight excluding hydrogens is 410 g/mol. The Balaban J connectivity index is 1.51. The number of hydrogen-bond acceptors (Lipinski definition) is 4. The number of amides is 2. The van der Waals surface area contributed by atoms with Crippen molar-refractivity contribution in [3.63, 3.8) is 0 Å². The molecule has 2 amide bonds. The molecule has 0 spiro atoms. The second-order valence-corrected chi connectivity index (χ2v) is 6.75. The third-order valence-corrected chi connectivity index (χ3v) is 4.38. The number of halogens is 1. The number of aromatic nitrogens is 3. The molecule has 0 aliphatic heterocycles. The second kappa shape index (κ2) is 9.09. The van der Waals surface area contributed by atoms with Gasteiger partial charge >= 0.3 is 0 Å². The summed E-state index contributed by atoms with van der Waals surface area (Å²) in [7, 11) is 0. The number of carbonyl (C=O) groups excluding carboxylic acids is 2. The van der Waals surface area contributed by atoms with Crippen LogP contribution in [0.5, 0.6) is 0 Å². The van der Waals surface area contributed by atoms with Crippen LogP contribution < -0.4 is 10.6 Å². The number of benzene rings is 2. The summed E-state index contributed by atoms with van der Waals surface area (Å²) in [6.45, 7) is 0.860. The van der Waals surface area contributed by atoms with E-state index in [1.54, 1.807) is 29.2 Å². The normalized spacial score (nSPS) is 10.4. The van der Waals surface area contributed by atoms with Crippen molar-refractivity contribution in [2.75, 3.05) is 6.54 Å². The minimum Gasteiger partial charge on any atom is -0.350 e. The summed E-state index contributed by atoms with van der Waals surface area (Å²) in [6.07, 6.45) is 3.13. The summed E-state index contributed by atoms with van der Waals surface area (Å²) in [5.74, 6) is -0.549. The molecule has 7 nitrogen and oxygen atoms in total. The number of nitrogens with one attached hydrogen (secondary N) is 2. The molecule has 8 heteroatoms. The summed E-state index contributed by atoms with van der Waals surface area (Å²) in [5, 5.41) is 9.55. The van der Waals surface area contributed by atoms with Gasteiger partial charge in [-0.15, -0.1) is 0 Å². The van der Waals surface area contributed by atoms with Crippen molar-refractivity contribution < 1.29 is 9.59 Å². The standard InChI is InChI=1S/C19H18BrN5O2/c20-17-7-3-6-14(8-17)19(27)23-10-18(26)22-9-15-4-1-2-5-16(15)11-25-13-21-12-24-25/h1-8,12-13H,9-11H2,(H,22,26)(H,23,27). The molecule has 27 heavy (non-hydrogen) atoms. The van der Waals surface area contributed by atoms with Crippen LogP contribution in [0.3, 0.4) is 0 Å². The van der Waals surface area contributed by atoms with Gasteiger partial charge in [0.15, 0.2) is 0 Å². The van der Waals surface area contributed by atoms with Gasteiger partial charge in [-0.1, -0.05) is 46.3 Å². The van der Waals surface area contributed by atoms with E-state index in [-0.39, 0.29) is 18.4 Å². The first-order valence-corrected chi connectivity index (χ1v) is 9.11. The van der Waals surface area contributed by atoms with Crippen LogP contribution in [0, 0.1) is 0 Å². The van der Waals surface area contributed by atoms with Gasteiger partial charge < -0.3 is 10.6 Å². The van der Waals surface area contributed by atoms with Crippen molar-refractivity contribution >= 4 is 27.7 Å². The maximum Gasteiger partial charge on any atom is 0.251 e. The SMILES string of the molecule is O=C(CNC(=O)c1cccc(Br)c1)NCc1ccccc1Cn1cncn1. The molecule has 1 aromatic heterocycles. The van der Waals surface area contributed by atoms with Gasteiger partial charge in [-0.3, -0.25) is 9.59 Å². The molecule has 0 fully saturated rings. The largest absolute Gasteiger partial charge is 0.350 e. The maximum atomic E-state index is 12.1. The molecule has 0 atom stereocenters. The third kappa shape index (κ3) is 5.49. The molecular formula is C19H18BrN5O2. The Kier molecular flexibility index (Phi) is 6.32. The van der Waals surface area contributed by atoms with Crippen LogP contribution in [0.4, 0.5) is 0 Å². The Morgan fingerprint density at radius 3 is 2.59 bits per heavy atom. The van der Waals surface area contributed by atoms with Gasteiger partial charge in [-0.25, -0.2) is 9.67 Å². The number of hydrogen-bond donors (Lipinski definition) is 2. The fourth-order valence-electron chi connectivity index (χ4n) is 2.52. The Hall–Kier alpha value is -3.00. The predicted molar refractivity (Wildman–Crippen MR) is 104 cm³/mol. The molecule has 3 rings (SSSR count). The summed E-state index contributed by atoms with van der Waals surface area (Å²) < 4.78 is 2.53. The Morgan fingerprint density at radius 2 is 1.85 bits per heavy atom. The van der Waals surface area contributed by atoms with Gasteiger partial charge in [-0.2, -0.15) is 5.10 Å². The monoisotopic (exact) mass is 427 g/mol. The fraction of sp³-hybridized carbons (Fsp3) is 0.158. The van der Waals surface area contributed by atoms with E-state index in [1.165, 1.54) is 6.33 Å². The summed E-state index contributed by atoms with van der Waals surface area (Å²) in [4.78, 5) is 28.1. The van der Waals surface area contributed by atoms with Crippen LogP contribution in [0.2, 0.25) is 0 Å². The zero-order chi connectivity index (χ0) is 19.1. The number of nitrogens with zero attached hydrogens (tertiary/aromatic N) is 3. The van der Waals surface area contributed by atoms with Crippen LogP contribution in [0.1, 0.15) is 21.5 Å². The van der Waals surface area contributed by atoms with Crippen LogP contribution in [-0.4, -0.2) is 33.1 Å². The van der Waals surface area contributed by atoms with Gasteiger partial charge in [0.2, 0.25) is 5.91 Å². The van der Waals surface area contributed by atoms with E-state index < -0.39 is 0 Å². The third-order valence-electron chi connectivity index (χ3n) is 3.89. The van der Waals surface area contributed by atoms with Crippen LogP contribution >= 0.6 is 15.9 Å². The molecule has 0 radical (unpaired) electrons. The molecule has 0 saturated heterocycles. The highest BCUT2D eigenvalue weighted by atomic mass is 79.9. The predicted octanol–water partition coefficient (Wildman–Crippen LogP) is 2.14. The topological polar surface area (TPSA) is 88.9 Å². The van der Waals surface area contributed by atoms with Crippen LogP contribution in [0.25, 0.3) is 0 Å². The van der Waals surface area contributed by atoms with E-state index in [0.717, 1.165) is 15.6 Å². The smallest absolute Gasteiger partial charge is 0.251 e. The van der Waals surface area contributed by atoms with Crippen molar-refractivity contribution in [2.45, 2.75) is 13.1 Å². The first kappa shape index (κ1) is 18.8. The Labute approximate surface area is 164 Å². The highest BCUT2D eigenvalue weighted by Crippen LogP contribution is 2.11. The van der Waals surface area contributed by atoms with Gasteiger partial charge in [-0.05, 0) is 29.3 Å². The quantitative estimate of drug-likeness (QED) is 0.604. The molecule has 0 unspecified atom stereocenters. The number of carbonyl (C=O) groups is 2. The summed E-state index contributed by atoms with van der Waals surface area (Å²) >= 11 is 3.32. The molecule has 138 valence electrons. The van der Waals surface area contributed by atoms with E-state index in [2.05, 4.69) is 36.6 Å². The maximum absolute atomic E-state index is 12.1. The lowest BCUT2D eigenvalue weighted by atomic mass is 10.1. The lowest BCUT2D eigenvalue weighted by Gasteiger charge is -2.11. The molecule has 0 aliphatic carbocycles. The summed E-state index contributed by atoms with van der Waals surface area (Å²) in [6, 6.07) is 14.8. The fourth-order valence-corrected chi connectivity index (χ4v) is 2.92. The van der Waals surface area contributed by atoms with Crippen LogP contribution in [0.15, 0.2) is 65.7 Å². The van der Waals surface area contributed by atoms with Crippen LogP contribution in [-0.2, 0) is 17.9 Å². The molecule has 1 heterocycles. The molecule has 3 aromatic rings. The van der Waals surface area contributed by atoms with Crippen molar-refractivity contribution in [1.82, 2.24) is 25.4 Å². The van der Waals surface area contributed by atoms with Crippen molar-refractivity contribution in [3.05, 3.63) is 82.3 Å². The van der Waals surface area contributed by atoms with E-state index in [0.29, 0.717) is 18.7 Å². The zero-order valence-electron chi connectivity index (χ0n) is 14.4. The molecule has 2 aromatic carbocycles. The lowest BCUT2D eigenvalue weighted by Crippen LogP contribution is -2.36. The first-order valence-electron chi connectivity index (χ1n) is 8.31. The minimum absolute atomic E-state index is 0.0867. The molecule has 0 aliphatic rings. The van der Waals surface area contributed by atoms with E-state index in [4.69, 9.17) is 0 Å². The van der Waals surface area contributed by atoms with E-state index in [1.807, 2.05) is 30.3 Å². The first-order chi connectivity index (χ1) is 13.1. The van der Waals surface area contributed by atoms with Gasteiger partial charge in [0.05, 0.1) is 13.1 Å². The molecule has 0 saturated carbocycles. The van der Waals surface area contributed by atoms with Crippen molar-refractivity contribution in [2.24, 2.45) is 0 Å². The van der Waals surface area contributed by atoms with Crippen molar-refractivity contribution in [3.8, 4) is 0 Å². The average molecular weight is 428 g/mol. The zero-order valence-corrected chi connectivity index (χ0v) is 16.0. The summed E-state index contributed by atoms with van der Waals surface area (Å²) in [5.41, 5.74) is 2.52. The molecule has 2 N–H and O–H groups in total. The highest BCUT2D eigenvalue weighted by Gasteiger charge is 2.09. The highest BCUT2D eigenvalue weighted by molar-refractivity contribution is 9.10. The van der Waals surface area contributed by atoms with E-state index in [9.17, 15) is 9.59 Å². The van der Waals surface area contributed by atoms with Gasteiger partial charge in [0.1, 0.15) is 12.7 Å².